The van der Waals surface area contributed by atoms with Gasteiger partial charge in [-0.1, -0.05) is 24.3 Å². The van der Waals surface area contributed by atoms with Crippen molar-refractivity contribution in [2.45, 2.75) is 12.3 Å². The van der Waals surface area contributed by atoms with Crippen LogP contribution in [0.3, 0.4) is 0 Å². The van der Waals surface area contributed by atoms with Crippen molar-refractivity contribution in [3.05, 3.63) is 35.4 Å². The monoisotopic (exact) mass is 189 g/mol. The number of rotatable bonds is 2. The molecule has 1 aliphatic rings. The summed E-state index contributed by atoms with van der Waals surface area (Å²) in [7, 11) is 0. The lowest BCUT2D eigenvalue weighted by molar-refractivity contribution is 0.847. The zero-order valence-corrected chi connectivity index (χ0v) is 8.18. The number of hydrogen-bond acceptors (Lipinski definition) is 2. The van der Waals surface area contributed by atoms with Crippen LogP contribution in [0.5, 0.6) is 0 Å². The van der Waals surface area contributed by atoms with Crippen LogP contribution in [0.1, 0.15) is 17.0 Å². The molecule has 0 atom stereocenters. The molecule has 0 N–H and O–H groups in total. The number of hydrogen-bond donors (Lipinski definition) is 0. The van der Waals surface area contributed by atoms with Crippen molar-refractivity contribution in [2.75, 3.05) is 11.5 Å². The van der Waals surface area contributed by atoms with Gasteiger partial charge in [0.25, 0.3) is 0 Å². The van der Waals surface area contributed by atoms with E-state index in [4.69, 9.17) is 5.26 Å². The number of benzene rings is 1. The normalized spacial score (nSPS) is 16.2. The van der Waals surface area contributed by atoms with Gasteiger partial charge in [-0.3, -0.25) is 0 Å². The fraction of sp³-hybridized carbons (Fsp3) is 0.364. The molecule has 0 radical (unpaired) electrons. The molecule has 1 heterocycles. The van der Waals surface area contributed by atoms with Crippen LogP contribution in [0, 0.1) is 11.3 Å². The Morgan fingerprint density at radius 2 is 2.31 bits per heavy atom. The van der Waals surface area contributed by atoms with Crippen LogP contribution in [0.4, 0.5) is 0 Å². The van der Waals surface area contributed by atoms with Gasteiger partial charge >= 0.3 is 0 Å². The largest absolute Gasteiger partial charge is 0.198 e. The first-order valence-corrected chi connectivity index (χ1v) is 5.59. The zero-order valence-electron chi connectivity index (χ0n) is 7.36. The zero-order chi connectivity index (χ0) is 9.10. The molecule has 1 saturated heterocycles. The quantitative estimate of drug-likeness (QED) is 0.714. The maximum atomic E-state index is 8.57. The highest BCUT2D eigenvalue weighted by Crippen LogP contribution is 2.33. The highest BCUT2D eigenvalue weighted by atomic mass is 32.2. The molecule has 1 fully saturated rings. The lowest BCUT2D eigenvalue weighted by Crippen LogP contribution is -2.15. The van der Waals surface area contributed by atoms with Crippen LogP contribution in [0.25, 0.3) is 0 Å². The molecular weight excluding hydrogens is 178 g/mol. The number of nitrogens with zero attached hydrogens (tertiary/aromatic N) is 1. The Balaban J connectivity index is 2.17. The minimum absolute atomic E-state index is 0.535. The van der Waals surface area contributed by atoms with E-state index in [0.717, 1.165) is 11.5 Å². The molecule has 0 amide bonds. The van der Waals surface area contributed by atoms with Gasteiger partial charge in [0, 0.05) is 17.4 Å². The summed E-state index contributed by atoms with van der Waals surface area (Å²) < 4.78 is 0. The van der Waals surface area contributed by atoms with E-state index in [1.807, 2.05) is 17.8 Å². The molecule has 1 aromatic carbocycles. The summed E-state index contributed by atoms with van der Waals surface area (Å²) in [6.45, 7) is 0. The molecule has 1 nitrogen and oxygen atoms in total. The third-order valence-electron chi connectivity index (χ3n) is 2.34. The SMILES string of the molecule is N#CCc1cccc(C2CSC2)c1. The number of thioether (sulfide) groups is 1. The van der Waals surface area contributed by atoms with Crippen molar-refractivity contribution in [1.29, 1.82) is 5.26 Å². The first kappa shape index (κ1) is 8.65. The van der Waals surface area contributed by atoms with Gasteiger partial charge in [-0.05, 0) is 11.1 Å². The minimum atomic E-state index is 0.535. The predicted molar refractivity (Wildman–Crippen MR) is 55.8 cm³/mol. The molecule has 66 valence electrons. The third-order valence-corrected chi connectivity index (χ3v) is 3.62. The average molecular weight is 189 g/mol. The highest BCUT2D eigenvalue weighted by Gasteiger charge is 2.19. The van der Waals surface area contributed by atoms with Crippen LogP contribution in [-0.4, -0.2) is 11.5 Å². The van der Waals surface area contributed by atoms with Gasteiger partial charge in [-0.2, -0.15) is 17.0 Å². The Bertz CT molecular complexity index is 336. The van der Waals surface area contributed by atoms with Crippen LogP contribution in [0.2, 0.25) is 0 Å². The fourth-order valence-corrected chi connectivity index (χ4v) is 2.33. The Kier molecular flexibility index (Phi) is 2.56. The van der Waals surface area contributed by atoms with Crippen molar-refractivity contribution < 1.29 is 0 Å². The van der Waals surface area contributed by atoms with Crippen molar-refractivity contribution >= 4 is 11.8 Å². The van der Waals surface area contributed by atoms with Crippen LogP contribution in [0.15, 0.2) is 24.3 Å². The summed E-state index contributed by atoms with van der Waals surface area (Å²) in [5.74, 6) is 3.23. The second-order valence-corrected chi connectivity index (χ2v) is 4.39. The van der Waals surface area contributed by atoms with Gasteiger partial charge in [0.1, 0.15) is 0 Å². The maximum absolute atomic E-state index is 8.57. The first-order valence-electron chi connectivity index (χ1n) is 4.43. The van der Waals surface area contributed by atoms with E-state index in [1.54, 1.807) is 0 Å². The summed E-state index contributed by atoms with van der Waals surface area (Å²) in [4.78, 5) is 0. The molecule has 1 aromatic rings. The Hall–Kier alpha value is -0.940. The van der Waals surface area contributed by atoms with Crippen molar-refractivity contribution in [1.82, 2.24) is 0 Å². The molecule has 2 rings (SSSR count). The van der Waals surface area contributed by atoms with Crippen molar-refractivity contribution in [3.8, 4) is 6.07 Å². The lowest BCUT2D eigenvalue weighted by atomic mass is 9.99. The molecule has 0 spiro atoms. The summed E-state index contributed by atoms with van der Waals surface area (Å²) in [5, 5.41) is 8.57. The standard InChI is InChI=1S/C11H11NS/c12-5-4-9-2-1-3-10(6-9)11-7-13-8-11/h1-3,6,11H,4,7-8H2. The molecule has 0 unspecified atom stereocenters. The highest BCUT2D eigenvalue weighted by molar-refractivity contribution is 8.00. The van der Waals surface area contributed by atoms with Crippen LogP contribution >= 0.6 is 11.8 Å². The minimum Gasteiger partial charge on any atom is -0.198 e. The first-order chi connectivity index (χ1) is 6.40. The summed E-state index contributed by atoms with van der Waals surface area (Å²) in [6, 6.07) is 10.6. The van der Waals surface area contributed by atoms with Gasteiger partial charge in [0.15, 0.2) is 0 Å². The Morgan fingerprint density at radius 3 is 2.92 bits per heavy atom. The van der Waals surface area contributed by atoms with E-state index in [9.17, 15) is 0 Å². The number of nitriles is 1. The lowest BCUT2D eigenvalue weighted by Gasteiger charge is -2.25. The van der Waals surface area contributed by atoms with Gasteiger partial charge in [0.2, 0.25) is 0 Å². The molecule has 1 aliphatic heterocycles. The molecule has 0 saturated carbocycles. The molecule has 0 aromatic heterocycles. The average Bonchev–Trinajstić information content (AvgIpc) is 2.02. The van der Waals surface area contributed by atoms with Crippen molar-refractivity contribution in [2.24, 2.45) is 0 Å². The molecule has 2 heteroatoms. The molecule has 0 bridgehead atoms. The van der Waals surface area contributed by atoms with Crippen LogP contribution in [-0.2, 0) is 6.42 Å². The molecule has 0 aliphatic carbocycles. The van der Waals surface area contributed by atoms with E-state index in [1.165, 1.54) is 17.1 Å². The second-order valence-electron chi connectivity index (χ2n) is 3.31. The summed E-state index contributed by atoms with van der Waals surface area (Å²) >= 11 is 1.99. The van der Waals surface area contributed by atoms with E-state index >= 15 is 0 Å². The van der Waals surface area contributed by atoms with E-state index in [-0.39, 0.29) is 0 Å². The van der Waals surface area contributed by atoms with Gasteiger partial charge in [0.05, 0.1) is 12.5 Å². The fourth-order valence-electron chi connectivity index (χ4n) is 1.48. The third kappa shape index (κ3) is 1.87. The van der Waals surface area contributed by atoms with Gasteiger partial charge < -0.3 is 0 Å². The smallest absolute Gasteiger partial charge is 0.0669 e. The topological polar surface area (TPSA) is 23.8 Å². The predicted octanol–water partition coefficient (Wildman–Crippen LogP) is 2.58. The van der Waals surface area contributed by atoms with Crippen LogP contribution < -0.4 is 0 Å². The maximum Gasteiger partial charge on any atom is 0.0669 e. The van der Waals surface area contributed by atoms with Gasteiger partial charge in [-0.15, -0.1) is 0 Å². The van der Waals surface area contributed by atoms with Crippen molar-refractivity contribution in [3.63, 3.8) is 0 Å². The summed E-state index contributed by atoms with van der Waals surface area (Å²) in [6.07, 6.45) is 0.535. The Morgan fingerprint density at radius 1 is 1.46 bits per heavy atom. The Labute approximate surface area is 82.8 Å². The molecular formula is C11H11NS. The van der Waals surface area contributed by atoms with Gasteiger partial charge in [-0.25, -0.2) is 0 Å². The van der Waals surface area contributed by atoms with E-state index < -0.39 is 0 Å². The second kappa shape index (κ2) is 3.85. The molecule has 13 heavy (non-hydrogen) atoms. The van der Waals surface area contributed by atoms with E-state index in [2.05, 4.69) is 24.3 Å². The van der Waals surface area contributed by atoms with E-state index in [0.29, 0.717) is 6.42 Å². The summed E-state index contributed by atoms with van der Waals surface area (Å²) in [5.41, 5.74) is 2.56.